The van der Waals surface area contributed by atoms with Gasteiger partial charge in [-0.2, -0.15) is 0 Å². The minimum atomic E-state index is 0.0324. The summed E-state index contributed by atoms with van der Waals surface area (Å²) < 4.78 is 0. The second-order valence-electron chi connectivity index (χ2n) is 7.19. The molecule has 0 radical (unpaired) electrons. The van der Waals surface area contributed by atoms with Gasteiger partial charge in [0, 0.05) is 40.6 Å². The van der Waals surface area contributed by atoms with Crippen molar-refractivity contribution in [2.24, 2.45) is 0 Å². The smallest absolute Gasteiger partial charge is 0.242 e. The van der Waals surface area contributed by atoms with Gasteiger partial charge >= 0.3 is 0 Å². The lowest BCUT2D eigenvalue weighted by Crippen LogP contribution is -2.53. The highest BCUT2D eigenvalue weighted by atomic mass is 35.5. The quantitative estimate of drug-likeness (QED) is 0.563. The van der Waals surface area contributed by atoms with Gasteiger partial charge < -0.3 is 20.5 Å². The molecule has 0 aliphatic carbocycles. The summed E-state index contributed by atoms with van der Waals surface area (Å²) in [7, 11) is 0. The summed E-state index contributed by atoms with van der Waals surface area (Å²) in [6.07, 6.45) is 5.28. The molecule has 1 fully saturated rings. The van der Waals surface area contributed by atoms with Gasteiger partial charge in [-0.05, 0) is 44.0 Å². The number of nitrogens with one attached hydrogen (secondary N) is 3. The molecule has 0 saturated carbocycles. The van der Waals surface area contributed by atoms with E-state index in [1.807, 2.05) is 17.2 Å². The van der Waals surface area contributed by atoms with Gasteiger partial charge in [0.2, 0.25) is 5.91 Å². The number of fused-ring (bicyclic) bond motifs is 1. The number of halogens is 2. The van der Waals surface area contributed by atoms with Crippen LogP contribution in [0.4, 0.5) is 11.5 Å². The van der Waals surface area contributed by atoms with Crippen molar-refractivity contribution < 1.29 is 4.79 Å². The molecule has 2 aromatic heterocycles. The lowest BCUT2D eigenvalue weighted by molar-refractivity contribution is -0.132. The number of H-pyrrole nitrogens is 1. The Hall–Kier alpha value is -2.51. The third-order valence-electron chi connectivity index (χ3n) is 5.29. The summed E-state index contributed by atoms with van der Waals surface area (Å²) in [6.45, 7) is 2.99. The number of nitrogens with zero attached hydrogens (tertiary/aromatic N) is 3. The fourth-order valence-corrected chi connectivity index (χ4v) is 4.31. The van der Waals surface area contributed by atoms with Gasteiger partial charge in [0.05, 0.1) is 11.9 Å². The molecular formula is C20H22Cl2N6O. The average molecular weight is 433 g/mol. The number of benzene rings is 1. The minimum absolute atomic E-state index is 0.0324. The molecule has 3 heterocycles. The fourth-order valence-electron chi connectivity index (χ4n) is 3.79. The van der Waals surface area contributed by atoms with Crippen LogP contribution in [0.2, 0.25) is 10.0 Å². The molecule has 2 atom stereocenters. The maximum atomic E-state index is 12.9. The summed E-state index contributed by atoms with van der Waals surface area (Å²) in [5.74, 6) is 0.823. The molecule has 0 spiro atoms. The van der Waals surface area contributed by atoms with E-state index in [0.717, 1.165) is 41.9 Å². The van der Waals surface area contributed by atoms with Gasteiger partial charge in [-0.3, -0.25) is 4.79 Å². The zero-order valence-electron chi connectivity index (χ0n) is 16.0. The van der Waals surface area contributed by atoms with Crippen LogP contribution in [0.25, 0.3) is 11.0 Å². The molecule has 0 unspecified atom stereocenters. The van der Waals surface area contributed by atoms with E-state index < -0.39 is 0 Å². The maximum Gasteiger partial charge on any atom is 0.242 e. The number of aromatic amines is 1. The monoisotopic (exact) mass is 432 g/mol. The summed E-state index contributed by atoms with van der Waals surface area (Å²) in [6, 6.07) is 7.26. The third-order valence-corrected chi connectivity index (χ3v) is 5.73. The van der Waals surface area contributed by atoms with E-state index in [9.17, 15) is 4.79 Å². The Morgan fingerprint density at radius 2 is 2.07 bits per heavy atom. The molecule has 0 bridgehead atoms. The van der Waals surface area contributed by atoms with E-state index in [4.69, 9.17) is 23.2 Å². The summed E-state index contributed by atoms with van der Waals surface area (Å²) >= 11 is 12.1. The van der Waals surface area contributed by atoms with Crippen molar-refractivity contribution in [1.82, 2.24) is 19.9 Å². The van der Waals surface area contributed by atoms with Crippen molar-refractivity contribution in [2.75, 3.05) is 23.7 Å². The zero-order chi connectivity index (χ0) is 20.4. The lowest BCUT2D eigenvalue weighted by Gasteiger charge is -2.40. The highest BCUT2D eigenvalue weighted by Crippen LogP contribution is 2.25. The summed E-state index contributed by atoms with van der Waals surface area (Å²) in [5.41, 5.74) is 1.52. The molecule has 4 rings (SSSR count). The molecule has 1 saturated heterocycles. The molecule has 7 nitrogen and oxygen atoms in total. The molecule has 1 aromatic carbocycles. The summed E-state index contributed by atoms with van der Waals surface area (Å²) in [5, 5.41) is 8.65. The number of aromatic nitrogens is 3. The number of hydrogen-bond acceptors (Lipinski definition) is 5. The Morgan fingerprint density at radius 3 is 2.86 bits per heavy atom. The van der Waals surface area contributed by atoms with Gasteiger partial charge in [-0.15, -0.1) is 0 Å². The lowest BCUT2D eigenvalue weighted by atomic mass is 9.97. The van der Waals surface area contributed by atoms with Crippen molar-refractivity contribution in [2.45, 2.75) is 31.8 Å². The van der Waals surface area contributed by atoms with Crippen LogP contribution in [0.1, 0.15) is 19.8 Å². The number of anilines is 2. The van der Waals surface area contributed by atoms with E-state index in [1.54, 1.807) is 18.2 Å². The van der Waals surface area contributed by atoms with Crippen LogP contribution in [0.3, 0.4) is 0 Å². The van der Waals surface area contributed by atoms with Crippen LogP contribution in [0.15, 0.2) is 36.8 Å². The molecule has 3 N–H and O–H groups in total. The molecule has 29 heavy (non-hydrogen) atoms. The molecule has 1 aliphatic rings. The van der Waals surface area contributed by atoms with E-state index in [1.165, 1.54) is 6.33 Å². The Labute approximate surface area is 178 Å². The van der Waals surface area contributed by atoms with Crippen LogP contribution >= 0.6 is 23.2 Å². The molecular weight excluding hydrogens is 411 g/mol. The number of amides is 1. The molecule has 9 heteroatoms. The van der Waals surface area contributed by atoms with Crippen LogP contribution in [-0.2, 0) is 4.79 Å². The van der Waals surface area contributed by atoms with Crippen LogP contribution < -0.4 is 10.6 Å². The Kier molecular flexibility index (Phi) is 5.78. The van der Waals surface area contributed by atoms with Crippen molar-refractivity contribution in [1.29, 1.82) is 0 Å². The molecule has 152 valence electrons. The van der Waals surface area contributed by atoms with Crippen molar-refractivity contribution in [3.63, 3.8) is 0 Å². The van der Waals surface area contributed by atoms with Gasteiger partial charge in [0.25, 0.3) is 0 Å². The summed E-state index contributed by atoms with van der Waals surface area (Å²) in [4.78, 5) is 26.5. The minimum Gasteiger partial charge on any atom is -0.376 e. The highest BCUT2D eigenvalue weighted by molar-refractivity contribution is 6.35. The second kappa shape index (κ2) is 8.47. The predicted molar refractivity (Wildman–Crippen MR) is 117 cm³/mol. The first-order valence-electron chi connectivity index (χ1n) is 9.55. The first-order chi connectivity index (χ1) is 14.0. The largest absolute Gasteiger partial charge is 0.376 e. The standard InChI is InChI=1S/C20H22Cl2N6O/c1-12-17(27-20-16-4-5-23-19(16)25-11-26-20)3-2-6-28(12)18(29)10-24-15-8-13(21)7-14(22)9-15/h4-5,7-9,11-12,17,24H,2-3,6,10H2,1H3,(H2,23,25,26,27)/t12-,17+/m0/s1. The average Bonchev–Trinajstić information content (AvgIpc) is 3.17. The Morgan fingerprint density at radius 1 is 1.28 bits per heavy atom. The maximum absolute atomic E-state index is 12.9. The second-order valence-corrected chi connectivity index (χ2v) is 8.07. The number of carbonyl (C=O) groups excluding carboxylic acids is 1. The molecule has 1 amide bonds. The van der Waals surface area contributed by atoms with Gasteiger partial charge in [-0.1, -0.05) is 23.2 Å². The van der Waals surface area contributed by atoms with E-state index >= 15 is 0 Å². The number of likely N-dealkylation sites (tertiary alicyclic amines) is 1. The van der Waals surface area contributed by atoms with Crippen LogP contribution in [-0.4, -0.2) is 50.9 Å². The highest BCUT2D eigenvalue weighted by Gasteiger charge is 2.31. The number of hydrogen-bond donors (Lipinski definition) is 3. The van der Waals surface area contributed by atoms with E-state index in [-0.39, 0.29) is 24.5 Å². The zero-order valence-corrected chi connectivity index (χ0v) is 17.5. The van der Waals surface area contributed by atoms with Gasteiger partial charge in [0.1, 0.15) is 17.8 Å². The van der Waals surface area contributed by atoms with Crippen LogP contribution in [0.5, 0.6) is 0 Å². The Bertz CT molecular complexity index is 1000. The fraction of sp³-hybridized carbons (Fsp3) is 0.350. The van der Waals surface area contributed by atoms with Gasteiger partial charge in [0.15, 0.2) is 0 Å². The first-order valence-corrected chi connectivity index (χ1v) is 10.3. The van der Waals surface area contributed by atoms with Crippen molar-refractivity contribution in [3.8, 4) is 0 Å². The van der Waals surface area contributed by atoms with Crippen LogP contribution in [0, 0.1) is 0 Å². The topological polar surface area (TPSA) is 85.9 Å². The predicted octanol–water partition coefficient (Wildman–Crippen LogP) is 4.17. The van der Waals surface area contributed by atoms with E-state index in [2.05, 4.69) is 32.5 Å². The molecule has 1 aliphatic heterocycles. The third kappa shape index (κ3) is 4.41. The van der Waals surface area contributed by atoms with Crippen molar-refractivity contribution in [3.05, 3.63) is 46.8 Å². The number of rotatable bonds is 5. The SMILES string of the molecule is C[C@H]1[C@H](Nc2ncnc3[nH]ccc23)CCCN1C(=O)CNc1cc(Cl)cc(Cl)c1. The van der Waals surface area contributed by atoms with Gasteiger partial charge in [-0.25, -0.2) is 9.97 Å². The molecule has 3 aromatic rings. The van der Waals surface area contributed by atoms with E-state index in [0.29, 0.717) is 10.0 Å². The number of carbonyl (C=O) groups is 1. The Balaban J connectivity index is 1.41. The number of piperidine rings is 1. The first kappa shape index (κ1) is 19.8. The van der Waals surface area contributed by atoms with Crippen molar-refractivity contribution >= 4 is 51.6 Å². The normalized spacial score (nSPS) is 19.3.